The quantitative estimate of drug-likeness (QED) is 0.687. The lowest BCUT2D eigenvalue weighted by Crippen LogP contribution is -2.03. The van der Waals surface area contributed by atoms with Crippen LogP contribution >= 0.6 is 0 Å². The van der Waals surface area contributed by atoms with Gasteiger partial charge in [0.25, 0.3) is 0 Å². The van der Waals surface area contributed by atoms with E-state index in [0.717, 1.165) is 44.4 Å². The van der Waals surface area contributed by atoms with Crippen LogP contribution in [0.25, 0.3) is 28.0 Å². The lowest BCUT2D eigenvalue weighted by atomic mass is 9.94. The molecule has 0 saturated carbocycles. The summed E-state index contributed by atoms with van der Waals surface area (Å²) in [7, 11) is 1.64. The molecule has 0 unspecified atom stereocenters. The van der Waals surface area contributed by atoms with Crippen molar-refractivity contribution in [3.8, 4) is 17.9 Å². The molecule has 0 atom stereocenters. The van der Waals surface area contributed by atoms with Crippen molar-refractivity contribution >= 4 is 33.8 Å². The highest BCUT2D eigenvalue weighted by Crippen LogP contribution is 2.45. The fourth-order valence-electron chi connectivity index (χ4n) is 3.94. The summed E-state index contributed by atoms with van der Waals surface area (Å²) in [5.74, 6) is 0.880. The monoisotopic (exact) mass is 378 g/mol. The summed E-state index contributed by atoms with van der Waals surface area (Å²) in [6, 6.07) is 16.4. The second-order valence-corrected chi connectivity index (χ2v) is 6.90. The number of fused-ring (bicyclic) bond motifs is 2. The third-order valence-corrected chi connectivity index (χ3v) is 5.42. The van der Waals surface area contributed by atoms with Crippen LogP contribution in [0.4, 0.5) is 5.82 Å². The van der Waals surface area contributed by atoms with E-state index in [1.54, 1.807) is 7.11 Å². The molecular weight excluding hydrogens is 360 g/mol. The summed E-state index contributed by atoms with van der Waals surface area (Å²) in [5, 5.41) is 21.4. The molecule has 4 rings (SSSR count). The largest absolute Gasteiger partial charge is 0.496 e. The van der Waals surface area contributed by atoms with Gasteiger partial charge >= 0.3 is 0 Å². The van der Waals surface area contributed by atoms with E-state index in [4.69, 9.17) is 10.5 Å². The van der Waals surface area contributed by atoms with Gasteiger partial charge in [-0.3, -0.25) is 0 Å². The van der Waals surface area contributed by atoms with Crippen molar-refractivity contribution in [2.75, 3.05) is 12.8 Å². The molecule has 1 heterocycles. The van der Waals surface area contributed by atoms with Gasteiger partial charge in [0.2, 0.25) is 0 Å². The second kappa shape index (κ2) is 6.82. The Bertz CT molecular complexity index is 1330. The summed E-state index contributed by atoms with van der Waals surface area (Å²) in [6.45, 7) is 3.74. The van der Waals surface area contributed by atoms with Crippen LogP contribution in [0.15, 0.2) is 42.0 Å². The molecule has 1 aliphatic carbocycles. The van der Waals surface area contributed by atoms with Crippen LogP contribution in [0, 0.1) is 29.6 Å². The van der Waals surface area contributed by atoms with E-state index in [-0.39, 0.29) is 5.82 Å². The Labute approximate surface area is 169 Å². The summed E-state index contributed by atoms with van der Waals surface area (Å²) in [4.78, 5) is 4.39. The number of benzene rings is 2. The Morgan fingerprint density at radius 2 is 1.83 bits per heavy atom. The fraction of sp³-hybridized carbons (Fsp3) is 0.125. The number of rotatable bonds is 2. The van der Waals surface area contributed by atoms with Gasteiger partial charge in [0.1, 0.15) is 23.7 Å². The third kappa shape index (κ3) is 2.64. The first-order chi connectivity index (χ1) is 14.0. The molecule has 0 bridgehead atoms. The Morgan fingerprint density at radius 3 is 2.52 bits per heavy atom. The molecular formula is C24H18N4O. The minimum Gasteiger partial charge on any atom is -0.496 e. The highest BCUT2D eigenvalue weighted by atomic mass is 16.5. The van der Waals surface area contributed by atoms with Gasteiger partial charge in [-0.15, -0.1) is 0 Å². The van der Waals surface area contributed by atoms with Gasteiger partial charge in [-0.25, -0.2) is 4.98 Å². The molecule has 2 aromatic carbocycles. The summed E-state index contributed by atoms with van der Waals surface area (Å²) in [5.41, 5.74) is 11.4. The van der Waals surface area contributed by atoms with Crippen LogP contribution in [-0.2, 0) is 0 Å². The predicted molar refractivity (Wildman–Crippen MR) is 115 cm³/mol. The van der Waals surface area contributed by atoms with Crippen molar-refractivity contribution in [2.24, 2.45) is 0 Å². The van der Waals surface area contributed by atoms with Crippen LogP contribution in [0.2, 0.25) is 0 Å². The molecule has 1 aliphatic rings. The van der Waals surface area contributed by atoms with Crippen LogP contribution in [0.5, 0.6) is 5.75 Å². The minimum atomic E-state index is 0.147. The highest BCUT2D eigenvalue weighted by molar-refractivity contribution is 6.11. The SMILES string of the molecule is COc1ccc2ccccc2c1/C=C1/C(C)=C(C#N)c2nc(N)c(C#N)c(C)c21. The second-order valence-electron chi connectivity index (χ2n) is 6.90. The van der Waals surface area contributed by atoms with Crippen LogP contribution < -0.4 is 10.5 Å². The van der Waals surface area contributed by atoms with E-state index in [9.17, 15) is 10.5 Å². The summed E-state index contributed by atoms with van der Waals surface area (Å²) in [6.07, 6.45) is 2.02. The first kappa shape index (κ1) is 18.3. The van der Waals surface area contributed by atoms with Crippen LogP contribution in [0.1, 0.15) is 34.9 Å². The number of hydrogen-bond donors (Lipinski definition) is 1. The van der Waals surface area contributed by atoms with E-state index < -0.39 is 0 Å². The first-order valence-electron chi connectivity index (χ1n) is 9.11. The maximum atomic E-state index is 9.74. The average molecular weight is 378 g/mol. The molecule has 0 fully saturated rings. The molecule has 2 N–H and O–H groups in total. The zero-order chi connectivity index (χ0) is 20.7. The van der Waals surface area contributed by atoms with E-state index >= 15 is 0 Å². The molecule has 29 heavy (non-hydrogen) atoms. The lowest BCUT2D eigenvalue weighted by molar-refractivity contribution is 0.414. The minimum absolute atomic E-state index is 0.147. The van der Waals surface area contributed by atoms with E-state index in [1.807, 2.05) is 56.3 Å². The maximum Gasteiger partial charge on any atom is 0.142 e. The number of ether oxygens (including phenoxy) is 1. The first-order valence-corrected chi connectivity index (χ1v) is 9.11. The standard InChI is InChI=1S/C24H18N4O/c1-13-17(10-18-16-7-5-4-6-15(16)8-9-21(18)29-3)22-14(2)20(12-26)24(27)28-23(22)19(13)11-25/h4-10H,1-3H3,(H2,27,28)/b17-10-. The number of anilines is 1. The van der Waals surface area contributed by atoms with E-state index in [0.29, 0.717) is 16.8 Å². The number of pyridine rings is 1. The van der Waals surface area contributed by atoms with Gasteiger partial charge in [-0.1, -0.05) is 30.3 Å². The Balaban J connectivity index is 2.10. The number of allylic oxidation sites excluding steroid dienone is 3. The Kier molecular flexibility index (Phi) is 4.30. The summed E-state index contributed by atoms with van der Waals surface area (Å²) < 4.78 is 5.62. The van der Waals surface area contributed by atoms with Crippen molar-refractivity contribution in [1.29, 1.82) is 10.5 Å². The van der Waals surface area contributed by atoms with Gasteiger partial charge < -0.3 is 10.5 Å². The topological polar surface area (TPSA) is 95.7 Å². The smallest absolute Gasteiger partial charge is 0.142 e. The van der Waals surface area contributed by atoms with Crippen LogP contribution in [-0.4, -0.2) is 12.1 Å². The molecule has 0 spiro atoms. The summed E-state index contributed by atoms with van der Waals surface area (Å²) >= 11 is 0. The van der Waals surface area contributed by atoms with E-state index in [1.165, 1.54) is 0 Å². The molecule has 0 amide bonds. The van der Waals surface area contributed by atoms with Gasteiger partial charge in [0.15, 0.2) is 0 Å². The molecule has 0 radical (unpaired) electrons. The molecule has 1 aromatic heterocycles. The Hall–Kier alpha value is -4.09. The predicted octanol–water partition coefficient (Wildman–Crippen LogP) is 4.86. The molecule has 140 valence electrons. The van der Waals surface area contributed by atoms with Crippen molar-refractivity contribution in [2.45, 2.75) is 13.8 Å². The molecule has 5 heteroatoms. The van der Waals surface area contributed by atoms with E-state index in [2.05, 4.69) is 17.1 Å². The number of nitriles is 2. The molecule has 5 nitrogen and oxygen atoms in total. The number of nitrogen functional groups attached to an aromatic ring is 1. The zero-order valence-corrected chi connectivity index (χ0v) is 16.4. The van der Waals surface area contributed by atoms with Crippen molar-refractivity contribution in [3.05, 3.63) is 69.9 Å². The molecule has 0 saturated heterocycles. The third-order valence-electron chi connectivity index (χ3n) is 5.42. The normalized spacial score (nSPS) is 14.0. The zero-order valence-electron chi connectivity index (χ0n) is 16.4. The highest BCUT2D eigenvalue weighted by Gasteiger charge is 2.30. The van der Waals surface area contributed by atoms with Crippen molar-refractivity contribution in [1.82, 2.24) is 4.98 Å². The molecule has 0 aliphatic heterocycles. The number of nitrogens with two attached hydrogens (primary N) is 1. The Morgan fingerprint density at radius 1 is 1.07 bits per heavy atom. The lowest BCUT2D eigenvalue weighted by Gasteiger charge is -2.13. The fourth-order valence-corrected chi connectivity index (χ4v) is 3.94. The molecule has 3 aromatic rings. The number of nitrogens with zero attached hydrogens (tertiary/aromatic N) is 3. The van der Waals surface area contributed by atoms with Crippen LogP contribution in [0.3, 0.4) is 0 Å². The van der Waals surface area contributed by atoms with Gasteiger partial charge in [0, 0.05) is 11.1 Å². The number of methoxy groups -OCH3 is 1. The van der Waals surface area contributed by atoms with Gasteiger partial charge in [-0.05, 0) is 53.5 Å². The van der Waals surface area contributed by atoms with Crippen molar-refractivity contribution in [3.63, 3.8) is 0 Å². The maximum absolute atomic E-state index is 9.74. The van der Waals surface area contributed by atoms with Gasteiger partial charge in [0.05, 0.1) is 23.9 Å². The number of aromatic nitrogens is 1. The van der Waals surface area contributed by atoms with Crippen molar-refractivity contribution < 1.29 is 4.74 Å². The number of hydrogen-bond acceptors (Lipinski definition) is 5. The van der Waals surface area contributed by atoms with Gasteiger partial charge in [-0.2, -0.15) is 10.5 Å². The average Bonchev–Trinajstić information content (AvgIpc) is 2.99.